The Balaban J connectivity index is 0.00000137. The van der Waals surface area contributed by atoms with E-state index in [4.69, 9.17) is 23.2 Å². The molecule has 0 amide bonds. The van der Waals surface area contributed by atoms with E-state index in [1.807, 2.05) is 92.6 Å². The Morgan fingerprint density at radius 1 is 0.543 bits per heavy atom. The van der Waals surface area contributed by atoms with Crippen LogP contribution in [0.3, 0.4) is 0 Å². The van der Waals surface area contributed by atoms with E-state index in [-0.39, 0.29) is 27.6 Å². The summed E-state index contributed by atoms with van der Waals surface area (Å²) >= 11 is 9.53. The van der Waals surface area contributed by atoms with Gasteiger partial charge in [0.1, 0.15) is 24.3 Å². The quantitative estimate of drug-likeness (QED) is 0.403. The standard InChI is InChI=1S/C26H20N6.CH2Cl2/c1-31(2)19-9-5-17(6-10-19)25-22(14-28)21(13-27)23(15-29)26(24(25)16-30)18-7-11-20(12-8-18)32(3)4;2-1-3/h5-12H,1-4H3;1H2. The van der Waals surface area contributed by atoms with Crippen LogP contribution >= 0.6 is 23.2 Å². The molecule has 0 unspecified atom stereocenters. The van der Waals surface area contributed by atoms with Crippen molar-refractivity contribution in [3.63, 3.8) is 0 Å². The Labute approximate surface area is 216 Å². The molecule has 174 valence electrons. The molecule has 35 heavy (non-hydrogen) atoms. The number of alkyl halides is 2. The fraction of sp³-hybridized carbons (Fsp3) is 0.185. The van der Waals surface area contributed by atoms with Crippen LogP contribution in [0.4, 0.5) is 11.4 Å². The highest BCUT2D eigenvalue weighted by atomic mass is 35.5. The molecule has 0 atom stereocenters. The molecule has 6 nitrogen and oxygen atoms in total. The lowest BCUT2D eigenvalue weighted by Crippen LogP contribution is -2.08. The van der Waals surface area contributed by atoms with Gasteiger partial charge in [-0.25, -0.2) is 0 Å². The number of rotatable bonds is 4. The predicted octanol–water partition coefficient (Wildman–Crippen LogP) is 6.06. The monoisotopic (exact) mass is 500 g/mol. The van der Waals surface area contributed by atoms with Crippen molar-refractivity contribution in [2.24, 2.45) is 0 Å². The fourth-order valence-electron chi connectivity index (χ4n) is 3.63. The minimum atomic E-state index is -0.0210. The first kappa shape index (κ1) is 27.0. The number of hydrogen-bond donors (Lipinski definition) is 0. The predicted molar refractivity (Wildman–Crippen MR) is 141 cm³/mol. The van der Waals surface area contributed by atoms with Crippen LogP contribution in [0.15, 0.2) is 48.5 Å². The van der Waals surface area contributed by atoms with Crippen molar-refractivity contribution in [1.29, 1.82) is 21.0 Å². The van der Waals surface area contributed by atoms with Crippen molar-refractivity contribution in [3.8, 4) is 46.5 Å². The maximum absolute atomic E-state index is 10.1. The molecular weight excluding hydrogens is 479 g/mol. The Morgan fingerprint density at radius 2 is 0.829 bits per heavy atom. The van der Waals surface area contributed by atoms with Crippen LogP contribution in [0.25, 0.3) is 22.3 Å². The summed E-state index contributed by atoms with van der Waals surface area (Å²) in [5, 5.41) is 40.0. The molecule has 0 aliphatic rings. The van der Waals surface area contributed by atoms with Crippen LogP contribution in [-0.4, -0.2) is 33.5 Å². The molecule has 3 aromatic rings. The van der Waals surface area contributed by atoms with Crippen LogP contribution in [0.2, 0.25) is 0 Å². The molecule has 8 heteroatoms. The van der Waals surface area contributed by atoms with Gasteiger partial charge in [-0.15, -0.1) is 23.2 Å². The average molecular weight is 501 g/mol. The highest BCUT2D eigenvalue weighted by molar-refractivity contribution is 6.40. The maximum atomic E-state index is 10.1. The second-order valence-corrected chi connectivity index (χ2v) is 8.49. The number of nitriles is 4. The summed E-state index contributed by atoms with van der Waals surface area (Å²) in [6.07, 6.45) is 0. The number of hydrogen-bond acceptors (Lipinski definition) is 6. The molecule has 0 spiro atoms. The zero-order valence-corrected chi connectivity index (χ0v) is 21.3. The van der Waals surface area contributed by atoms with E-state index >= 15 is 0 Å². The topological polar surface area (TPSA) is 102 Å². The summed E-state index contributed by atoms with van der Waals surface area (Å²) in [7, 11) is 7.67. The molecule has 0 N–H and O–H groups in total. The van der Waals surface area contributed by atoms with E-state index < -0.39 is 0 Å². The molecule has 0 heterocycles. The molecule has 0 saturated carbocycles. The van der Waals surface area contributed by atoms with E-state index in [0.29, 0.717) is 22.3 Å². The zero-order chi connectivity index (χ0) is 26.1. The molecule has 0 saturated heterocycles. The molecule has 3 rings (SSSR count). The molecule has 0 fully saturated rings. The lowest BCUT2D eigenvalue weighted by Gasteiger charge is -2.18. The summed E-state index contributed by atoms with van der Waals surface area (Å²) in [5.41, 5.74) is 4.16. The second-order valence-electron chi connectivity index (χ2n) is 7.68. The number of anilines is 2. The van der Waals surface area contributed by atoms with Gasteiger partial charge in [-0.05, 0) is 35.4 Å². The SMILES string of the molecule is CN(C)c1ccc(-c2c(C#N)c(C#N)c(C#N)c(-c3ccc(N(C)C)cc3)c2C#N)cc1.ClCCl. The van der Waals surface area contributed by atoms with Crippen molar-refractivity contribution in [3.05, 3.63) is 70.8 Å². The lowest BCUT2D eigenvalue weighted by molar-refractivity contribution is 1.13. The fourth-order valence-corrected chi connectivity index (χ4v) is 3.63. The van der Waals surface area contributed by atoms with Crippen molar-refractivity contribution in [2.75, 3.05) is 43.3 Å². The van der Waals surface area contributed by atoms with Crippen molar-refractivity contribution < 1.29 is 0 Å². The van der Waals surface area contributed by atoms with Gasteiger partial charge in [-0.1, -0.05) is 24.3 Å². The first-order chi connectivity index (χ1) is 16.8. The van der Waals surface area contributed by atoms with E-state index in [1.54, 1.807) is 0 Å². The first-order valence-corrected chi connectivity index (χ1v) is 11.4. The van der Waals surface area contributed by atoms with Gasteiger partial charge in [-0.3, -0.25) is 0 Å². The van der Waals surface area contributed by atoms with Gasteiger partial charge in [0.05, 0.1) is 27.6 Å². The van der Waals surface area contributed by atoms with Crippen LogP contribution in [-0.2, 0) is 0 Å². The van der Waals surface area contributed by atoms with Crippen LogP contribution in [0.1, 0.15) is 22.3 Å². The molecular formula is C27H22Cl2N6. The maximum Gasteiger partial charge on any atom is 0.102 e. The van der Waals surface area contributed by atoms with Crippen molar-refractivity contribution in [2.45, 2.75) is 0 Å². The smallest absolute Gasteiger partial charge is 0.102 e. The summed E-state index contributed by atoms with van der Waals surface area (Å²) in [4.78, 5) is 3.88. The van der Waals surface area contributed by atoms with Gasteiger partial charge < -0.3 is 9.80 Å². The molecule has 0 aliphatic carbocycles. The van der Waals surface area contributed by atoms with E-state index in [9.17, 15) is 21.0 Å². The van der Waals surface area contributed by atoms with Crippen LogP contribution in [0.5, 0.6) is 0 Å². The van der Waals surface area contributed by atoms with Gasteiger partial charge in [0.15, 0.2) is 0 Å². The third-order valence-corrected chi connectivity index (χ3v) is 5.29. The van der Waals surface area contributed by atoms with Crippen molar-refractivity contribution >= 4 is 34.6 Å². The molecule has 3 aromatic carbocycles. The summed E-state index contributed by atoms with van der Waals surface area (Å²) < 4.78 is 0. The van der Waals surface area contributed by atoms with Crippen molar-refractivity contribution in [1.82, 2.24) is 0 Å². The van der Waals surface area contributed by atoms with Crippen LogP contribution in [0, 0.1) is 45.3 Å². The molecule has 0 radical (unpaired) electrons. The van der Waals surface area contributed by atoms with Gasteiger partial charge in [0.25, 0.3) is 0 Å². The first-order valence-electron chi connectivity index (χ1n) is 10.3. The Morgan fingerprint density at radius 3 is 1.06 bits per heavy atom. The Hall–Kier alpha value is -4.20. The highest BCUT2D eigenvalue weighted by Crippen LogP contribution is 2.40. The minimum Gasteiger partial charge on any atom is -0.378 e. The van der Waals surface area contributed by atoms with Gasteiger partial charge in [-0.2, -0.15) is 21.0 Å². The van der Waals surface area contributed by atoms with Gasteiger partial charge >= 0.3 is 0 Å². The van der Waals surface area contributed by atoms with E-state index in [1.165, 1.54) is 0 Å². The summed E-state index contributed by atoms with van der Waals surface area (Å²) in [6.45, 7) is 0. The molecule has 0 bridgehead atoms. The minimum absolute atomic E-state index is 0.0210. The lowest BCUT2D eigenvalue weighted by atomic mass is 9.82. The Kier molecular flexibility index (Phi) is 9.52. The molecule has 0 aromatic heterocycles. The number of halogens is 2. The van der Waals surface area contributed by atoms with E-state index in [2.05, 4.69) is 18.2 Å². The summed E-state index contributed by atoms with van der Waals surface area (Å²) in [6, 6.07) is 23.2. The zero-order valence-electron chi connectivity index (χ0n) is 19.8. The highest BCUT2D eigenvalue weighted by Gasteiger charge is 2.26. The molecule has 0 aliphatic heterocycles. The normalized spacial score (nSPS) is 9.43. The summed E-state index contributed by atoms with van der Waals surface area (Å²) in [5.74, 6) is 0. The largest absolute Gasteiger partial charge is 0.378 e. The van der Waals surface area contributed by atoms with Crippen LogP contribution < -0.4 is 9.80 Å². The third-order valence-electron chi connectivity index (χ3n) is 5.29. The average Bonchev–Trinajstić information content (AvgIpc) is 2.87. The Bertz CT molecular complexity index is 1270. The van der Waals surface area contributed by atoms with Gasteiger partial charge in [0, 0.05) is 50.7 Å². The number of benzene rings is 3. The number of nitrogens with zero attached hydrogens (tertiary/aromatic N) is 6. The van der Waals surface area contributed by atoms with E-state index in [0.717, 1.165) is 11.4 Å². The second kappa shape index (κ2) is 12.3. The van der Waals surface area contributed by atoms with Gasteiger partial charge in [0.2, 0.25) is 0 Å². The third kappa shape index (κ3) is 5.66.